The van der Waals surface area contributed by atoms with E-state index >= 15 is 0 Å². The average molecular weight is 238 g/mol. The van der Waals surface area contributed by atoms with Gasteiger partial charge in [0.15, 0.2) is 0 Å². The van der Waals surface area contributed by atoms with Crippen LogP contribution in [0.15, 0.2) is 18.2 Å². The Hall–Kier alpha value is -1.75. The molecule has 1 rings (SSSR count). The number of aliphatic hydroxyl groups excluding tert-OH is 1. The van der Waals surface area contributed by atoms with Crippen molar-refractivity contribution in [1.29, 1.82) is 0 Å². The van der Waals surface area contributed by atoms with Gasteiger partial charge in [0.1, 0.15) is 5.75 Å². The van der Waals surface area contributed by atoms with Gasteiger partial charge in [0.2, 0.25) is 0 Å². The number of hydrogen-bond donors (Lipinski definition) is 3. The van der Waals surface area contributed by atoms with Crippen molar-refractivity contribution in [3.63, 3.8) is 0 Å². The van der Waals surface area contributed by atoms with Crippen molar-refractivity contribution in [2.45, 2.75) is 19.4 Å². The van der Waals surface area contributed by atoms with Crippen LogP contribution in [-0.4, -0.2) is 30.8 Å². The summed E-state index contributed by atoms with van der Waals surface area (Å²) in [5.41, 5.74) is 6.47. The molecule has 1 aromatic rings. The Labute approximate surface area is 101 Å². The van der Waals surface area contributed by atoms with Crippen molar-refractivity contribution >= 4 is 11.6 Å². The summed E-state index contributed by atoms with van der Waals surface area (Å²) < 4.78 is 5.03. The molecule has 0 fully saturated rings. The van der Waals surface area contributed by atoms with Crippen molar-refractivity contribution in [3.05, 3.63) is 23.8 Å². The molecule has 0 spiro atoms. The Bertz CT molecular complexity index is 389. The lowest BCUT2D eigenvalue weighted by Gasteiger charge is -2.15. The molecule has 0 aliphatic rings. The van der Waals surface area contributed by atoms with Gasteiger partial charge >= 0.3 is 0 Å². The molecular formula is C12H18N2O3. The van der Waals surface area contributed by atoms with E-state index in [1.54, 1.807) is 18.2 Å². The first-order valence-electron chi connectivity index (χ1n) is 5.47. The third kappa shape index (κ3) is 3.35. The summed E-state index contributed by atoms with van der Waals surface area (Å²) >= 11 is 0. The Balaban J connectivity index is 2.87. The lowest BCUT2D eigenvalue weighted by Crippen LogP contribution is -2.37. The number of nitrogen functional groups attached to an aromatic ring is 1. The molecule has 0 aliphatic heterocycles. The van der Waals surface area contributed by atoms with Crippen molar-refractivity contribution in [1.82, 2.24) is 5.32 Å². The third-order valence-electron chi connectivity index (χ3n) is 2.55. The lowest BCUT2D eigenvalue weighted by atomic mass is 10.1. The number of aliphatic hydroxyl groups is 1. The van der Waals surface area contributed by atoms with Gasteiger partial charge in [0.05, 0.1) is 25.3 Å². The van der Waals surface area contributed by atoms with Gasteiger partial charge in [-0.05, 0) is 24.6 Å². The smallest absolute Gasteiger partial charge is 0.253 e. The molecule has 5 heteroatoms. The van der Waals surface area contributed by atoms with E-state index in [4.69, 9.17) is 15.6 Å². The number of methoxy groups -OCH3 is 1. The number of nitrogens with one attached hydrogen (secondary N) is 1. The topological polar surface area (TPSA) is 84.6 Å². The van der Waals surface area contributed by atoms with E-state index in [0.717, 1.165) is 0 Å². The second-order valence-electron chi connectivity index (χ2n) is 3.71. The molecule has 0 aliphatic carbocycles. The van der Waals surface area contributed by atoms with Crippen molar-refractivity contribution in [3.8, 4) is 5.75 Å². The maximum absolute atomic E-state index is 11.9. The number of hydrogen-bond acceptors (Lipinski definition) is 4. The summed E-state index contributed by atoms with van der Waals surface area (Å²) in [6, 6.07) is 4.63. The summed E-state index contributed by atoms with van der Waals surface area (Å²) in [6.45, 7) is 1.79. The van der Waals surface area contributed by atoms with Crippen molar-refractivity contribution in [2.24, 2.45) is 0 Å². The van der Waals surface area contributed by atoms with Gasteiger partial charge in [0, 0.05) is 5.69 Å². The monoisotopic (exact) mass is 238 g/mol. The molecule has 0 saturated carbocycles. The Kier molecular flexibility index (Phi) is 4.78. The number of rotatable bonds is 5. The van der Waals surface area contributed by atoms with Crippen LogP contribution in [0.3, 0.4) is 0 Å². The standard InChI is InChI=1S/C12H18N2O3/c1-3-8(7-15)14-12(16)10-6-9(17-2)4-5-11(10)13/h4-6,8,15H,3,7,13H2,1-2H3,(H,14,16)/t8-/m1/s1. The van der Waals surface area contributed by atoms with Crippen LogP contribution in [0.5, 0.6) is 5.75 Å². The number of ether oxygens (including phenoxy) is 1. The lowest BCUT2D eigenvalue weighted by molar-refractivity contribution is 0.0915. The highest BCUT2D eigenvalue weighted by Gasteiger charge is 2.14. The van der Waals surface area contributed by atoms with Crippen molar-refractivity contribution in [2.75, 3.05) is 19.5 Å². The Morgan fingerprint density at radius 2 is 2.29 bits per heavy atom. The number of anilines is 1. The van der Waals surface area contributed by atoms with Crippen molar-refractivity contribution < 1.29 is 14.6 Å². The molecule has 4 N–H and O–H groups in total. The quantitative estimate of drug-likeness (QED) is 0.662. The summed E-state index contributed by atoms with van der Waals surface area (Å²) in [4.78, 5) is 11.9. The Morgan fingerprint density at radius 1 is 1.59 bits per heavy atom. The molecule has 0 unspecified atom stereocenters. The van der Waals surface area contributed by atoms with Crippen LogP contribution in [0.1, 0.15) is 23.7 Å². The van der Waals surface area contributed by atoms with E-state index < -0.39 is 0 Å². The molecule has 94 valence electrons. The molecule has 1 atom stereocenters. The Morgan fingerprint density at radius 3 is 2.82 bits per heavy atom. The number of nitrogens with two attached hydrogens (primary N) is 1. The second kappa shape index (κ2) is 6.10. The van der Waals surface area contributed by atoms with E-state index in [2.05, 4.69) is 5.32 Å². The van der Waals surface area contributed by atoms with Crippen LogP contribution in [0.25, 0.3) is 0 Å². The zero-order chi connectivity index (χ0) is 12.8. The fourth-order valence-electron chi connectivity index (χ4n) is 1.40. The molecule has 0 heterocycles. The summed E-state index contributed by atoms with van der Waals surface area (Å²) in [5.74, 6) is 0.267. The van der Waals surface area contributed by atoms with Gasteiger partial charge in [-0.3, -0.25) is 4.79 Å². The minimum Gasteiger partial charge on any atom is -0.497 e. The van der Waals surface area contributed by atoms with Crippen LogP contribution >= 0.6 is 0 Å². The van der Waals surface area contributed by atoms with Crippen LogP contribution in [-0.2, 0) is 0 Å². The summed E-state index contributed by atoms with van der Waals surface area (Å²) in [7, 11) is 1.52. The predicted molar refractivity (Wildman–Crippen MR) is 66.0 cm³/mol. The van der Waals surface area contributed by atoms with E-state index in [-0.39, 0.29) is 18.6 Å². The normalized spacial score (nSPS) is 11.9. The molecule has 1 amide bonds. The molecule has 0 radical (unpaired) electrons. The second-order valence-corrected chi connectivity index (χ2v) is 3.71. The van der Waals surface area contributed by atoms with Gasteiger partial charge in [0.25, 0.3) is 5.91 Å². The highest BCUT2D eigenvalue weighted by atomic mass is 16.5. The van der Waals surface area contributed by atoms with Gasteiger partial charge < -0.3 is 20.9 Å². The predicted octanol–water partition coefficient (Wildman–Crippen LogP) is 0.778. The largest absolute Gasteiger partial charge is 0.497 e. The molecule has 0 saturated heterocycles. The van der Waals surface area contributed by atoms with E-state index in [0.29, 0.717) is 23.4 Å². The average Bonchev–Trinajstić information content (AvgIpc) is 2.36. The van der Waals surface area contributed by atoms with Gasteiger partial charge in [-0.2, -0.15) is 0 Å². The molecule has 0 aromatic heterocycles. The minimum atomic E-state index is -0.303. The van der Waals surface area contributed by atoms with Gasteiger partial charge in [-0.1, -0.05) is 6.92 Å². The minimum absolute atomic E-state index is 0.0912. The van der Waals surface area contributed by atoms with Crippen LogP contribution in [0, 0.1) is 0 Å². The van der Waals surface area contributed by atoms with Gasteiger partial charge in [-0.15, -0.1) is 0 Å². The maximum Gasteiger partial charge on any atom is 0.253 e. The zero-order valence-electron chi connectivity index (χ0n) is 10.1. The van der Waals surface area contributed by atoms with Crippen LogP contribution < -0.4 is 15.8 Å². The first-order chi connectivity index (χ1) is 8.12. The van der Waals surface area contributed by atoms with E-state index in [1.807, 2.05) is 6.92 Å². The van der Waals surface area contributed by atoms with Gasteiger partial charge in [-0.25, -0.2) is 0 Å². The van der Waals surface area contributed by atoms with E-state index in [1.165, 1.54) is 7.11 Å². The van der Waals surface area contributed by atoms with E-state index in [9.17, 15) is 4.79 Å². The van der Waals surface area contributed by atoms with Crippen LogP contribution in [0.2, 0.25) is 0 Å². The van der Waals surface area contributed by atoms with Crippen LogP contribution in [0.4, 0.5) is 5.69 Å². The zero-order valence-corrected chi connectivity index (χ0v) is 10.1. The molecule has 17 heavy (non-hydrogen) atoms. The first-order valence-corrected chi connectivity index (χ1v) is 5.47. The number of amides is 1. The number of carbonyl (C=O) groups excluding carboxylic acids is 1. The summed E-state index contributed by atoms with van der Waals surface area (Å²) in [5, 5.41) is 11.7. The fourth-order valence-corrected chi connectivity index (χ4v) is 1.40. The number of benzene rings is 1. The summed E-state index contributed by atoms with van der Waals surface area (Å²) in [6.07, 6.45) is 0.659. The third-order valence-corrected chi connectivity index (χ3v) is 2.55. The maximum atomic E-state index is 11.9. The molecular weight excluding hydrogens is 220 g/mol. The highest BCUT2D eigenvalue weighted by Crippen LogP contribution is 2.19. The fraction of sp³-hybridized carbons (Fsp3) is 0.417. The molecule has 1 aromatic carbocycles. The molecule has 0 bridgehead atoms. The SMILES string of the molecule is CC[C@H](CO)NC(=O)c1cc(OC)ccc1N. The number of carbonyl (C=O) groups is 1. The molecule has 5 nitrogen and oxygen atoms in total. The highest BCUT2D eigenvalue weighted by molar-refractivity contribution is 5.99. The first kappa shape index (κ1) is 13.3.